The number of hydrogen-bond donors (Lipinski definition) is 0. The third-order valence-corrected chi connectivity index (χ3v) is 1.47. The standard InChI is InChI=1S/C9H14N2O/c1-9(2,3)6-8(12)11-5-4-10-7-11/h4-5,7H,6H2,1-3H3. The van der Waals surface area contributed by atoms with Crippen molar-refractivity contribution >= 4 is 5.91 Å². The second kappa shape index (κ2) is 3.09. The fourth-order valence-corrected chi connectivity index (χ4v) is 0.952. The van der Waals surface area contributed by atoms with Crippen molar-refractivity contribution in [3.63, 3.8) is 0 Å². The predicted octanol–water partition coefficient (Wildman–Crippen LogP) is 1.96. The summed E-state index contributed by atoms with van der Waals surface area (Å²) >= 11 is 0. The number of hydrogen-bond acceptors (Lipinski definition) is 2. The molecule has 0 bridgehead atoms. The number of rotatable bonds is 1. The highest BCUT2D eigenvalue weighted by atomic mass is 16.2. The van der Waals surface area contributed by atoms with Crippen LogP contribution in [0.3, 0.4) is 0 Å². The minimum Gasteiger partial charge on any atom is -0.276 e. The summed E-state index contributed by atoms with van der Waals surface area (Å²) in [6, 6.07) is 0. The molecule has 0 amide bonds. The first kappa shape index (κ1) is 8.97. The number of carbonyl (C=O) groups excluding carboxylic acids is 1. The monoisotopic (exact) mass is 166 g/mol. The largest absolute Gasteiger partial charge is 0.276 e. The molecule has 3 nitrogen and oxygen atoms in total. The quantitative estimate of drug-likeness (QED) is 0.639. The van der Waals surface area contributed by atoms with Crippen LogP contribution in [0, 0.1) is 5.41 Å². The van der Waals surface area contributed by atoms with E-state index in [1.165, 1.54) is 10.9 Å². The van der Waals surface area contributed by atoms with Crippen LogP contribution in [0.2, 0.25) is 0 Å². The third-order valence-electron chi connectivity index (χ3n) is 1.47. The Bertz CT molecular complexity index is 257. The second-order valence-corrected chi connectivity index (χ2v) is 4.10. The van der Waals surface area contributed by atoms with E-state index in [0.717, 1.165) is 0 Å². The van der Waals surface area contributed by atoms with Gasteiger partial charge in [0.05, 0.1) is 0 Å². The average Bonchev–Trinajstić information content (AvgIpc) is 2.32. The predicted molar refractivity (Wildman–Crippen MR) is 46.9 cm³/mol. The highest BCUT2D eigenvalue weighted by molar-refractivity contribution is 5.79. The SMILES string of the molecule is CC(C)(C)CC(=O)n1ccnc1. The van der Waals surface area contributed by atoms with Crippen molar-refractivity contribution in [3.05, 3.63) is 18.7 Å². The Kier molecular flexibility index (Phi) is 2.31. The van der Waals surface area contributed by atoms with Gasteiger partial charge in [-0.3, -0.25) is 9.36 Å². The Morgan fingerprint density at radius 1 is 1.50 bits per heavy atom. The second-order valence-electron chi connectivity index (χ2n) is 4.10. The maximum atomic E-state index is 11.4. The van der Waals surface area contributed by atoms with Crippen LogP contribution in [0.15, 0.2) is 18.7 Å². The minimum absolute atomic E-state index is 0.0430. The van der Waals surface area contributed by atoms with E-state index in [-0.39, 0.29) is 11.3 Å². The van der Waals surface area contributed by atoms with Crippen molar-refractivity contribution < 1.29 is 4.79 Å². The van der Waals surface area contributed by atoms with Crippen LogP contribution in [0.1, 0.15) is 32.0 Å². The maximum absolute atomic E-state index is 11.4. The summed E-state index contributed by atoms with van der Waals surface area (Å²) in [6.45, 7) is 6.13. The molecule has 1 aromatic heterocycles. The van der Waals surface area contributed by atoms with Crippen LogP contribution in [-0.2, 0) is 0 Å². The lowest BCUT2D eigenvalue weighted by Gasteiger charge is -2.16. The average molecular weight is 166 g/mol. The van der Waals surface area contributed by atoms with Crippen LogP contribution in [-0.4, -0.2) is 15.5 Å². The molecule has 1 heterocycles. The van der Waals surface area contributed by atoms with Gasteiger partial charge in [-0.15, -0.1) is 0 Å². The van der Waals surface area contributed by atoms with Gasteiger partial charge in [0.2, 0.25) is 5.91 Å². The Labute approximate surface area is 72.4 Å². The van der Waals surface area contributed by atoms with Gasteiger partial charge in [-0.25, -0.2) is 4.98 Å². The normalized spacial score (nSPS) is 11.6. The fourth-order valence-electron chi connectivity index (χ4n) is 0.952. The van der Waals surface area contributed by atoms with Gasteiger partial charge in [0, 0.05) is 18.8 Å². The number of nitrogens with zero attached hydrogens (tertiary/aromatic N) is 2. The van der Waals surface area contributed by atoms with Crippen molar-refractivity contribution in [2.24, 2.45) is 5.41 Å². The highest BCUT2D eigenvalue weighted by Gasteiger charge is 2.16. The lowest BCUT2D eigenvalue weighted by Crippen LogP contribution is -2.17. The van der Waals surface area contributed by atoms with Crippen molar-refractivity contribution in [2.75, 3.05) is 0 Å². The van der Waals surface area contributed by atoms with Gasteiger partial charge in [-0.2, -0.15) is 0 Å². The minimum atomic E-state index is 0.0430. The highest BCUT2D eigenvalue weighted by Crippen LogP contribution is 2.18. The van der Waals surface area contributed by atoms with Gasteiger partial charge in [0.1, 0.15) is 6.33 Å². The molecule has 0 aliphatic rings. The number of aromatic nitrogens is 2. The first-order valence-electron chi connectivity index (χ1n) is 4.00. The molecule has 0 unspecified atom stereocenters. The van der Waals surface area contributed by atoms with Gasteiger partial charge in [-0.1, -0.05) is 20.8 Å². The van der Waals surface area contributed by atoms with Crippen LogP contribution in [0.25, 0.3) is 0 Å². The van der Waals surface area contributed by atoms with Gasteiger partial charge >= 0.3 is 0 Å². The van der Waals surface area contributed by atoms with E-state index in [0.29, 0.717) is 6.42 Å². The van der Waals surface area contributed by atoms with E-state index < -0.39 is 0 Å². The molecule has 12 heavy (non-hydrogen) atoms. The lowest BCUT2D eigenvalue weighted by molar-refractivity contribution is 0.0856. The van der Waals surface area contributed by atoms with E-state index in [9.17, 15) is 4.79 Å². The lowest BCUT2D eigenvalue weighted by atomic mass is 9.92. The third kappa shape index (κ3) is 2.49. The Hall–Kier alpha value is -1.12. The molecule has 1 rings (SSSR count). The molecule has 0 saturated heterocycles. The molecule has 0 fully saturated rings. The zero-order valence-electron chi connectivity index (χ0n) is 7.74. The Morgan fingerprint density at radius 2 is 2.17 bits per heavy atom. The van der Waals surface area contributed by atoms with Gasteiger partial charge in [0.25, 0.3) is 0 Å². The number of carbonyl (C=O) groups is 1. The zero-order chi connectivity index (χ0) is 9.19. The topological polar surface area (TPSA) is 34.9 Å². The van der Waals surface area contributed by atoms with Gasteiger partial charge in [-0.05, 0) is 5.41 Å². The molecule has 0 atom stereocenters. The summed E-state index contributed by atoms with van der Waals surface area (Å²) in [7, 11) is 0. The Morgan fingerprint density at radius 3 is 2.58 bits per heavy atom. The molecule has 66 valence electrons. The maximum Gasteiger partial charge on any atom is 0.232 e. The molecule has 0 aliphatic heterocycles. The molecule has 0 radical (unpaired) electrons. The van der Waals surface area contributed by atoms with E-state index in [4.69, 9.17) is 0 Å². The molecule has 1 aromatic rings. The summed E-state index contributed by atoms with van der Waals surface area (Å²) in [6.07, 6.45) is 5.37. The van der Waals surface area contributed by atoms with Crippen LogP contribution in [0.4, 0.5) is 0 Å². The van der Waals surface area contributed by atoms with Crippen LogP contribution in [0.5, 0.6) is 0 Å². The molecule has 0 aromatic carbocycles. The smallest absolute Gasteiger partial charge is 0.232 e. The zero-order valence-corrected chi connectivity index (χ0v) is 7.74. The van der Waals surface area contributed by atoms with Crippen molar-refractivity contribution in [3.8, 4) is 0 Å². The van der Waals surface area contributed by atoms with Crippen LogP contribution >= 0.6 is 0 Å². The van der Waals surface area contributed by atoms with Crippen molar-refractivity contribution in [2.45, 2.75) is 27.2 Å². The van der Waals surface area contributed by atoms with E-state index in [1.54, 1.807) is 12.4 Å². The van der Waals surface area contributed by atoms with Crippen molar-refractivity contribution in [1.82, 2.24) is 9.55 Å². The summed E-state index contributed by atoms with van der Waals surface area (Å²) in [5.41, 5.74) is 0.0430. The first-order valence-corrected chi connectivity index (χ1v) is 4.00. The summed E-state index contributed by atoms with van der Waals surface area (Å²) in [5.74, 6) is 0.0972. The molecule has 0 saturated carbocycles. The van der Waals surface area contributed by atoms with Crippen LogP contribution < -0.4 is 0 Å². The fraction of sp³-hybridized carbons (Fsp3) is 0.556. The molecular formula is C9H14N2O. The summed E-state index contributed by atoms with van der Waals surface area (Å²) in [5, 5.41) is 0. The van der Waals surface area contributed by atoms with E-state index in [1.807, 2.05) is 20.8 Å². The van der Waals surface area contributed by atoms with E-state index >= 15 is 0 Å². The molecular weight excluding hydrogens is 152 g/mol. The van der Waals surface area contributed by atoms with Gasteiger partial charge in [0.15, 0.2) is 0 Å². The molecule has 3 heteroatoms. The first-order chi connectivity index (χ1) is 5.49. The Balaban J connectivity index is 2.63. The number of imidazole rings is 1. The van der Waals surface area contributed by atoms with E-state index in [2.05, 4.69) is 4.98 Å². The van der Waals surface area contributed by atoms with Gasteiger partial charge < -0.3 is 0 Å². The van der Waals surface area contributed by atoms with Crippen molar-refractivity contribution in [1.29, 1.82) is 0 Å². The molecule has 0 aliphatic carbocycles. The summed E-state index contributed by atoms with van der Waals surface area (Å²) in [4.78, 5) is 15.3. The molecule has 0 N–H and O–H groups in total. The summed E-state index contributed by atoms with van der Waals surface area (Å²) < 4.78 is 1.52. The molecule has 0 spiro atoms.